The predicted molar refractivity (Wildman–Crippen MR) is 52.3 cm³/mol. The number of hydrogen-bond donors (Lipinski definition) is 0. The Balaban J connectivity index is 2.67. The molecule has 0 spiro atoms. The summed E-state index contributed by atoms with van der Waals surface area (Å²) in [6.07, 6.45) is 1.05. The third-order valence-corrected chi connectivity index (χ3v) is 2.07. The first-order valence-corrected chi connectivity index (χ1v) is 4.24. The molecule has 0 fully saturated rings. The first-order chi connectivity index (χ1) is 6.72. The number of ether oxygens (including phenoxy) is 1. The van der Waals surface area contributed by atoms with Crippen LogP contribution in [0.4, 0.5) is 4.79 Å². The molecule has 1 aromatic carbocycles. The highest BCUT2D eigenvalue weighted by atomic mass is 16.5. The van der Waals surface area contributed by atoms with Gasteiger partial charge in [-0.25, -0.2) is 14.3 Å². The van der Waals surface area contributed by atoms with E-state index in [1.165, 1.54) is 18.0 Å². The van der Waals surface area contributed by atoms with Crippen LogP contribution in [0.3, 0.4) is 0 Å². The number of benzene rings is 1. The Hall–Kier alpha value is -1.84. The molecule has 0 N–H and O–H groups in total. The van der Waals surface area contributed by atoms with Crippen LogP contribution in [0.1, 0.15) is 5.56 Å². The van der Waals surface area contributed by atoms with E-state index in [0.717, 1.165) is 16.6 Å². The van der Waals surface area contributed by atoms with Crippen molar-refractivity contribution < 1.29 is 9.53 Å². The zero-order valence-electron chi connectivity index (χ0n) is 8.02. The third kappa shape index (κ3) is 1.25. The third-order valence-electron chi connectivity index (χ3n) is 2.07. The van der Waals surface area contributed by atoms with E-state index in [0.29, 0.717) is 0 Å². The molecule has 0 saturated carbocycles. The van der Waals surface area contributed by atoms with E-state index in [2.05, 4.69) is 9.72 Å². The van der Waals surface area contributed by atoms with Gasteiger partial charge >= 0.3 is 6.09 Å². The van der Waals surface area contributed by atoms with Gasteiger partial charge in [0.2, 0.25) is 0 Å². The standard InChI is InChI=1S/C10H10N2O2/c1-7-3-4-8-9(5-7)12(6-11-8)10(13)14-2/h3-6H,1-2H3. The Labute approximate surface area is 81.1 Å². The molecule has 1 aromatic heterocycles. The summed E-state index contributed by atoms with van der Waals surface area (Å²) < 4.78 is 6.02. The number of fused-ring (bicyclic) bond motifs is 1. The molecule has 2 aromatic rings. The second kappa shape index (κ2) is 3.14. The molecule has 72 valence electrons. The fourth-order valence-electron chi connectivity index (χ4n) is 1.36. The molecule has 0 amide bonds. The van der Waals surface area contributed by atoms with Crippen molar-refractivity contribution in [2.75, 3.05) is 7.11 Å². The van der Waals surface area contributed by atoms with Gasteiger partial charge in [-0.05, 0) is 24.6 Å². The van der Waals surface area contributed by atoms with Crippen LogP contribution in [-0.4, -0.2) is 22.8 Å². The molecule has 0 aliphatic rings. The lowest BCUT2D eigenvalue weighted by Crippen LogP contribution is -2.09. The van der Waals surface area contributed by atoms with E-state index in [9.17, 15) is 4.79 Å². The first kappa shape index (κ1) is 8.74. The van der Waals surface area contributed by atoms with Crippen molar-refractivity contribution in [3.8, 4) is 0 Å². The Morgan fingerprint density at radius 2 is 2.29 bits per heavy atom. The summed E-state index contributed by atoms with van der Waals surface area (Å²) in [7, 11) is 1.35. The van der Waals surface area contributed by atoms with Gasteiger partial charge < -0.3 is 4.74 Å². The molecule has 2 rings (SSSR count). The zero-order valence-corrected chi connectivity index (χ0v) is 8.02. The molecule has 14 heavy (non-hydrogen) atoms. The van der Waals surface area contributed by atoms with E-state index in [-0.39, 0.29) is 0 Å². The van der Waals surface area contributed by atoms with Gasteiger partial charge in [0.25, 0.3) is 0 Å². The zero-order chi connectivity index (χ0) is 10.1. The smallest absolute Gasteiger partial charge is 0.419 e. The number of nitrogens with zero attached hydrogens (tertiary/aromatic N) is 2. The molecule has 1 heterocycles. The van der Waals surface area contributed by atoms with Gasteiger partial charge in [0, 0.05) is 0 Å². The lowest BCUT2D eigenvalue weighted by molar-refractivity contribution is 0.174. The van der Waals surface area contributed by atoms with Crippen molar-refractivity contribution in [3.63, 3.8) is 0 Å². The summed E-state index contributed by atoms with van der Waals surface area (Å²) in [5.74, 6) is 0. The molecule has 0 radical (unpaired) electrons. The molecule has 4 nitrogen and oxygen atoms in total. The molecule has 0 unspecified atom stereocenters. The van der Waals surface area contributed by atoms with E-state index in [1.54, 1.807) is 0 Å². The van der Waals surface area contributed by atoms with Crippen LogP contribution < -0.4 is 0 Å². The average molecular weight is 190 g/mol. The van der Waals surface area contributed by atoms with Gasteiger partial charge in [0.15, 0.2) is 0 Å². The highest BCUT2D eigenvalue weighted by Crippen LogP contribution is 2.14. The van der Waals surface area contributed by atoms with Crippen molar-refractivity contribution in [1.82, 2.24) is 9.55 Å². The van der Waals surface area contributed by atoms with E-state index in [4.69, 9.17) is 0 Å². The lowest BCUT2D eigenvalue weighted by atomic mass is 10.2. The maximum Gasteiger partial charge on any atom is 0.419 e. The van der Waals surface area contributed by atoms with Crippen LogP contribution in [0.15, 0.2) is 24.5 Å². The summed E-state index contributed by atoms with van der Waals surface area (Å²) in [6.45, 7) is 1.97. The number of aryl methyl sites for hydroxylation is 1. The van der Waals surface area contributed by atoms with Crippen molar-refractivity contribution >= 4 is 17.1 Å². The minimum Gasteiger partial charge on any atom is -0.452 e. The first-order valence-electron chi connectivity index (χ1n) is 4.24. The van der Waals surface area contributed by atoms with E-state index in [1.807, 2.05) is 25.1 Å². The number of carbonyl (C=O) groups excluding carboxylic acids is 1. The van der Waals surface area contributed by atoms with Gasteiger partial charge in [-0.2, -0.15) is 0 Å². The number of hydrogen-bond acceptors (Lipinski definition) is 3. The quantitative estimate of drug-likeness (QED) is 0.637. The van der Waals surface area contributed by atoms with Crippen LogP contribution in [0, 0.1) is 6.92 Å². The van der Waals surface area contributed by atoms with Crippen LogP contribution in [0.5, 0.6) is 0 Å². The second-order valence-electron chi connectivity index (χ2n) is 3.08. The summed E-state index contributed by atoms with van der Waals surface area (Å²) in [6, 6.07) is 5.74. The Bertz CT molecular complexity index is 488. The summed E-state index contributed by atoms with van der Waals surface area (Å²) in [4.78, 5) is 15.4. The van der Waals surface area contributed by atoms with Gasteiger partial charge in [0.05, 0.1) is 18.1 Å². The Kier molecular flexibility index (Phi) is 1.96. The average Bonchev–Trinajstić information content (AvgIpc) is 2.59. The van der Waals surface area contributed by atoms with Crippen LogP contribution in [0.2, 0.25) is 0 Å². The lowest BCUT2D eigenvalue weighted by Gasteiger charge is -2.00. The van der Waals surface area contributed by atoms with Gasteiger partial charge in [-0.3, -0.25) is 0 Å². The minimum absolute atomic E-state index is 0.418. The fraction of sp³-hybridized carbons (Fsp3) is 0.200. The Morgan fingerprint density at radius 3 is 3.00 bits per heavy atom. The summed E-state index contributed by atoms with van der Waals surface area (Å²) in [5, 5.41) is 0. The van der Waals surface area contributed by atoms with Gasteiger partial charge in [-0.1, -0.05) is 6.07 Å². The number of carbonyl (C=O) groups is 1. The molecule has 0 aliphatic carbocycles. The maximum absolute atomic E-state index is 11.3. The minimum atomic E-state index is -0.418. The molecule has 4 heteroatoms. The fourth-order valence-corrected chi connectivity index (χ4v) is 1.36. The SMILES string of the molecule is COC(=O)n1cnc2ccc(C)cc21. The highest BCUT2D eigenvalue weighted by molar-refractivity contribution is 5.86. The predicted octanol–water partition coefficient (Wildman–Crippen LogP) is 1.96. The van der Waals surface area contributed by atoms with E-state index < -0.39 is 6.09 Å². The molecule has 0 saturated heterocycles. The number of methoxy groups -OCH3 is 1. The van der Waals surface area contributed by atoms with Crippen LogP contribution in [0.25, 0.3) is 11.0 Å². The molecule has 0 bridgehead atoms. The topological polar surface area (TPSA) is 44.1 Å². The highest BCUT2D eigenvalue weighted by Gasteiger charge is 2.08. The molecule has 0 atom stereocenters. The number of imidazole rings is 1. The number of rotatable bonds is 0. The molecular weight excluding hydrogens is 180 g/mol. The van der Waals surface area contributed by atoms with Gasteiger partial charge in [-0.15, -0.1) is 0 Å². The normalized spacial score (nSPS) is 10.4. The summed E-state index contributed by atoms with van der Waals surface area (Å²) >= 11 is 0. The number of aromatic nitrogens is 2. The Morgan fingerprint density at radius 1 is 1.50 bits per heavy atom. The second-order valence-corrected chi connectivity index (χ2v) is 3.08. The van der Waals surface area contributed by atoms with Crippen molar-refractivity contribution in [2.45, 2.75) is 6.92 Å². The maximum atomic E-state index is 11.3. The van der Waals surface area contributed by atoms with Crippen molar-refractivity contribution in [2.24, 2.45) is 0 Å². The van der Waals surface area contributed by atoms with Crippen LogP contribution >= 0.6 is 0 Å². The van der Waals surface area contributed by atoms with E-state index >= 15 is 0 Å². The van der Waals surface area contributed by atoms with Crippen LogP contribution in [-0.2, 0) is 4.74 Å². The van der Waals surface area contributed by atoms with Gasteiger partial charge in [0.1, 0.15) is 6.33 Å². The molecule has 0 aliphatic heterocycles. The summed E-state index contributed by atoms with van der Waals surface area (Å²) in [5.41, 5.74) is 2.65. The largest absolute Gasteiger partial charge is 0.452 e. The van der Waals surface area contributed by atoms with Crippen molar-refractivity contribution in [1.29, 1.82) is 0 Å². The monoisotopic (exact) mass is 190 g/mol. The molecular formula is C10H10N2O2. The van der Waals surface area contributed by atoms with Crippen molar-refractivity contribution in [3.05, 3.63) is 30.1 Å².